The van der Waals surface area contributed by atoms with Crippen molar-refractivity contribution in [3.05, 3.63) is 47.5 Å². The lowest BCUT2D eigenvalue weighted by molar-refractivity contribution is -0.130. The number of rotatable bonds is 7. The Labute approximate surface area is 153 Å². The van der Waals surface area contributed by atoms with E-state index < -0.39 is 0 Å². The van der Waals surface area contributed by atoms with Gasteiger partial charge in [-0.05, 0) is 42.3 Å². The maximum atomic E-state index is 12.7. The van der Waals surface area contributed by atoms with Crippen LogP contribution in [-0.2, 0) is 17.8 Å². The molecule has 0 saturated carbocycles. The fourth-order valence-electron chi connectivity index (χ4n) is 2.91. The van der Waals surface area contributed by atoms with Crippen LogP contribution in [0.5, 0.6) is 23.0 Å². The lowest BCUT2D eigenvalue weighted by Crippen LogP contribution is -2.31. The molecule has 0 fully saturated rings. The minimum absolute atomic E-state index is 0.0531. The van der Waals surface area contributed by atoms with E-state index in [1.165, 1.54) is 0 Å². The van der Waals surface area contributed by atoms with Gasteiger partial charge >= 0.3 is 0 Å². The van der Waals surface area contributed by atoms with Crippen LogP contribution in [0.15, 0.2) is 36.4 Å². The Morgan fingerprint density at radius 2 is 1.73 bits per heavy atom. The number of carbonyl (C=O) groups is 1. The highest BCUT2D eigenvalue weighted by atomic mass is 16.7. The zero-order chi connectivity index (χ0) is 18.5. The monoisotopic (exact) mass is 357 g/mol. The first-order valence-corrected chi connectivity index (χ1v) is 8.51. The molecule has 0 unspecified atom stereocenters. The molecule has 0 atom stereocenters. The number of methoxy groups -OCH3 is 2. The largest absolute Gasteiger partial charge is 0.493 e. The normalized spacial score (nSPS) is 12.0. The van der Waals surface area contributed by atoms with Crippen LogP contribution in [0.2, 0.25) is 0 Å². The van der Waals surface area contributed by atoms with Crippen LogP contribution < -0.4 is 18.9 Å². The van der Waals surface area contributed by atoms with Gasteiger partial charge in [-0.3, -0.25) is 4.79 Å². The van der Waals surface area contributed by atoms with Gasteiger partial charge in [0.25, 0.3) is 0 Å². The van der Waals surface area contributed by atoms with Gasteiger partial charge in [-0.2, -0.15) is 0 Å². The molecule has 0 aliphatic carbocycles. The van der Waals surface area contributed by atoms with Gasteiger partial charge in [0.2, 0.25) is 12.7 Å². The average molecular weight is 357 g/mol. The van der Waals surface area contributed by atoms with Crippen molar-refractivity contribution in [3.8, 4) is 23.0 Å². The highest BCUT2D eigenvalue weighted by Gasteiger charge is 2.17. The predicted molar refractivity (Wildman–Crippen MR) is 96.9 cm³/mol. The molecule has 2 aromatic rings. The summed E-state index contributed by atoms with van der Waals surface area (Å²) in [5.41, 5.74) is 1.90. The highest BCUT2D eigenvalue weighted by Crippen LogP contribution is 2.33. The third-order valence-corrected chi connectivity index (χ3v) is 4.35. The molecule has 2 aromatic carbocycles. The van der Waals surface area contributed by atoms with Gasteiger partial charge in [0.05, 0.1) is 20.6 Å². The zero-order valence-electron chi connectivity index (χ0n) is 15.3. The van der Waals surface area contributed by atoms with Crippen LogP contribution in [0.4, 0.5) is 0 Å². The molecule has 138 valence electrons. The molecule has 6 nitrogen and oxygen atoms in total. The molecule has 0 aromatic heterocycles. The summed E-state index contributed by atoms with van der Waals surface area (Å²) in [5, 5.41) is 0. The van der Waals surface area contributed by atoms with E-state index in [9.17, 15) is 4.79 Å². The van der Waals surface area contributed by atoms with Crippen molar-refractivity contribution in [2.24, 2.45) is 0 Å². The molecular weight excluding hydrogens is 334 g/mol. The van der Waals surface area contributed by atoms with Crippen LogP contribution >= 0.6 is 0 Å². The van der Waals surface area contributed by atoms with Crippen molar-refractivity contribution >= 4 is 5.91 Å². The topological polar surface area (TPSA) is 57.2 Å². The lowest BCUT2D eigenvalue weighted by Gasteiger charge is -2.21. The molecule has 1 amide bonds. The minimum Gasteiger partial charge on any atom is -0.493 e. The van der Waals surface area contributed by atoms with Gasteiger partial charge in [0, 0.05) is 13.1 Å². The number of ether oxygens (including phenoxy) is 4. The number of amides is 1. The first-order valence-electron chi connectivity index (χ1n) is 8.51. The molecule has 1 aliphatic rings. The molecule has 3 rings (SSSR count). The van der Waals surface area contributed by atoms with Crippen LogP contribution in [0, 0.1) is 0 Å². The third kappa shape index (κ3) is 3.85. The van der Waals surface area contributed by atoms with Gasteiger partial charge in [0.15, 0.2) is 23.0 Å². The lowest BCUT2D eigenvalue weighted by atomic mass is 10.1. The van der Waals surface area contributed by atoms with Crippen molar-refractivity contribution in [1.82, 2.24) is 4.90 Å². The molecule has 1 aliphatic heterocycles. The summed E-state index contributed by atoms with van der Waals surface area (Å²) in [4.78, 5) is 14.5. The van der Waals surface area contributed by atoms with E-state index in [0.29, 0.717) is 31.0 Å². The summed E-state index contributed by atoms with van der Waals surface area (Å²) in [6.45, 7) is 3.37. The van der Waals surface area contributed by atoms with Gasteiger partial charge in [-0.25, -0.2) is 0 Å². The summed E-state index contributed by atoms with van der Waals surface area (Å²) in [6, 6.07) is 11.3. The summed E-state index contributed by atoms with van der Waals surface area (Å²) < 4.78 is 21.3. The van der Waals surface area contributed by atoms with Crippen LogP contribution in [0.3, 0.4) is 0 Å². The Hall–Kier alpha value is -2.89. The maximum Gasteiger partial charge on any atom is 0.231 e. The molecule has 0 N–H and O–H groups in total. The summed E-state index contributed by atoms with van der Waals surface area (Å²) in [5.74, 6) is 2.80. The maximum absolute atomic E-state index is 12.7. The molecule has 0 spiro atoms. The van der Waals surface area contributed by atoms with Crippen molar-refractivity contribution < 1.29 is 23.7 Å². The molecular formula is C20H23NO5. The quantitative estimate of drug-likeness (QED) is 0.762. The number of benzene rings is 2. The van der Waals surface area contributed by atoms with E-state index >= 15 is 0 Å². The van der Waals surface area contributed by atoms with Crippen LogP contribution in [-0.4, -0.2) is 38.4 Å². The van der Waals surface area contributed by atoms with Gasteiger partial charge in [0.1, 0.15) is 0 Å². The first kappa shape index (κ1) is 17.9. The van der Waals surface area contributed by atoms with Gasteiger partial charge in [-0.1, -0.05) is 12.1 Å². The second-order valence-electron chi connectivity index (χ2n) is 5.96. The van der Waals surface area contributed by atoms with Crippen LogP contribution in [0.1, 0.15) is 18.1 Å². The first-order chi connectivity index (χ1) is 12.6. The number of nitrogens with zero attached hydrogens (tertiary/aromatic N) is 1. The Morgan fingerprint density at radius 3 is 2.46 bits per heavy atom. The van der Waals surface area contributed by atoms with Gasteiger partial charge < -0.3 is 23.8 Å². The summed E-state index contributed by atoms with van der Waals surface area (Å²) in [6.07, 6.45) is 0.304. The molecule has 0 saturated heterocycles. The van der Waals surface area contributed by atoms with Crippen molar-refractivity contribution in [2.75, 3.05) is 27.6 Å². The van der Waals surface area contributed by atoms with E-state index in [4.69, 9.17) is 18.9 Å². The fraction of sp³-hybridized carbons (Fsp3) is 0.350. The van der Waals surface area contributed by atoms with Crippen molar-refractivity contribution in [1.29, 1.82) is 0 Å². The van der Waals surface area contributed by atoms with E-state index in [0.717, 1.165) is 22.6 Å². The third-order valence-electron chi connectivity index (χ3n) is 4.35. The molecule has 6 heteroatoms. The molecule has 1 heterocycles. The SMILES string of the molecule is CCN(Cc1ccc2c(c1)OCO2)C(=O)Cc1ccc(OC)c(OC)c1. The van der Waals surface area contributed by atoms with Gasteiger partial charge in [-0.15, -0.1) is 0 Å². The number of hydrogen-bond acceptors (Lipinski definition) is 5. The second-order valence-corrected chi connectivity index (χ2v) is 5.96. The number of likely N-dealkylation sites (N-methyl/N-ethyl adjacent to an activating group) is 1. The molecule has 0 bridgehead atoms. The van der Waals surface area contributed by atoms with E-state index in [1.807, 2.05) is 48.2 Å². The van der Waals surface area contributed by atoms with E-state index in [-0.39, 0.29) is 12.7 Å². The second kappa shape index (κ2) is 7.99. The smallest absolute Gasteiger partial charge is 0.231 e. The number of hydrogen-bond donors (Lipinski definition) is 0. The molecule has 0 radical (unpaired) electrons. The Kier molecular flexibility index (Phi) is 5.51. The zero-order valence-corrected chi connectivity index (χ0v) is 15.3. The van der Waals surface area contributed by atoms with E-state index in [2.05, 4.69) is 0 Å². The standard InChI is InChI=1S/C20H23NO5/c1-4-21(12-15-6-8-17-19(10-15)26-13-25-17)20(22)11-14-5-7-16(23-2)18(9-14)24-3/h5-10H,4,11-13H2,1-3H3. The fourth-order valence-corrected chi connectivity index (χ4v) is 2.91. The predicted octanol–water partition coefficient (Wildman–Crippen LogP) is 3.02. The number of fused-ring (bicyclic) bond motifs is 1. The summed E-state index contributed by atoms with van der Waals surface area (Å²) >= 11 is 0. The van der Waals surface area contributed by atoms with Crippen molar-refractivity contribution in [2.45, 2.75) is 19.9 Å². The van der Waals surface area contributed by atoms with Crippen molar-refractivity contribution in [3.63, 3.8) is 0 Å². The Morgan fingerprint density at radius 1 is 1.00 bits per heavy atom. The number of carbonyl (C=O) groups excluding carboxylic acids is 1. The minimum atomic E-state index is 0.0531. The summed E-state index contributed by atoms with van der Waals surface area (Å²) in [7, 11) is 3.17. The van der Waals surface area contributed by atoms with Crippen LogP contribution in [0.25, 0.3) is 0 Å². The Bertz CT molecular complexity index is 790. The average Bonchev–Trinajstić information content (AvgIpc) is 3.13. The highest BCUT2D eigenvalue weighted by molar-refractivity contribution is 5.79. The Balaban J connectivity index is 1.69. The molecule has 26 heavy (non-hydrogen) atoms. The van der Waals surface area contributed by atoms with E-state index in [1.54, 1.807) is 14.2 Å².